The first-order valence-corrected chi connectivity index (χ1v) is 10.6. The van der Waals surface area contributed by atoms with E-state index < -0.39 is 59.2 Å². The summed E-state index contributed by atoms with van der Waals surface area (Å²) in [6, 6.07) is 13.4. The van der Waals surface area contributed by atoms with Crippen LogP contribution in [0.15, 0.2) is 54.6 Å². The van der Waals surface area contributed by atoms with Crippen molar-refractivity contribution in [2.45, 2.75) is 43.6 Å². The molecule has 0 bridgehead atoms. The summed E-state index contributed by atoms with van der Waals surface area (Å²) in [6.07, 6.45) is -2.58. The lowest BCUT2D eigenvalue weighted by atomic mass is 9.87. The van der Waals surface area contributed by atoms with Gasteiger partial charge >= 0.3 is 17.9 Å². The van der Waals surface area contributed by atoms with E-state index >= 15 is 4.39 Å². The van der Waals surface area contributed by atoms with Crippen molar-refractivity contribution in [3.8, 4) is 0 Å². The zero-order valence-corrected chi connectivity index (χ0v) is 18.1. The number of hydrogen-bond donors (Lipinski definition) is 2. The zero-order valence-electron chi connectivity index (χ0n) is 18.1. The molecule has 2 aliphatic rings. The lowest BCUT2D eigenvalue weighted by molar-refractivity contribution is -0.180. The predicted molar refractivity (Wildman–Crippen MR) is 112 cm³/mol. The smallest absolute Gasteiger partial charge is 0.342 e. The van der Waals surface area contributed by atoms with Gasteiger partial charge in [0.1, 0.15) is 11.4 Å². The summed E-state index contributed by atoms with van der Waals surface area (Å²) >= 11 is 0. The molecule has 0 radical (unpaired) electrons. The van der Waals surface area contributed by atoms with Gasteiger partial charge in [-0.15, -0.1) is 0 Å². The van der Waals surface area contributed by atoms with Gasteiger partial charge in [-0.1, -0.05) is 30.3 Å². The van der Waals surface area contributed by atoms with Crippen LogP contribution in [0.2, 0.25) is 0 Å². The number of fused-ring (bicyclic) bond motifs is 1. The lowest BCUT2D eigenvalue weighted by Gasteiger charge is -2.34. The van der Waals surface area contributed by atoms with Crippen molar-refractivity contribution in [2.75, 3.05) is 0 Å². The summed E-state index contributed by atoms with van der Waals surface area (Å²) in [7, 11) is 0. The van der Waals surface area contributed by atoms with Crippen LogP contribution in [-0.4, -0.2) is 46.6 Å². The van der Waals surface area contributed by atoms with Crippen molar-refractivity contribution >= 4 is 17.9 Å². The second-order valence-electron chi connectivity index (χ2n) is 8.50. The fourth-order valence-corrected chi connectivity index (χ4v) is 4.64. The van der Waals surface area contributed by atoms with E-state index in [4.69, 9.17) is 19.9 Å². The van der Waals surface area contributed by atoms with Gasteiger partial charge in [0.15, 0.2) is 0 Å². The molecule has 0 aromatic heterocycles. The molecule has 0 spiro atoms. The van der Waals surface area contributed by atoms with Crippen LogP contribution in [0.3, 0.4) is 0 Å². The number of nitrogens with two attached hydrogens (primary N) is 1. The van der Waals surface area contributed by atoms with Gasteiger partial charge in [-0.2, -0.15) is 0 Å². The topological polar surface area (TPSA) is 125 Å². The summed E-state index contributed by atoms with van der Waals surface area (Å²) < 4.78 is 44.3. The van der Waals surface area contributed by atoms with Crippen molar-refractivity contribution in [3.05, 3.63) is 71.5 Å². The third-order valence-corrected chi connectivity index (χ3v) is 6.40. The predicted octanol–water partition coefficient (Wildman–Crippen LogP) is 2.60. The number of aliphatic carboxylic acids is 1. The van der Waals surface area contributed by atoms with Gasteiger partial charge in [0, 0.05) is 18.8 Å². The Bertz CT molecular complexity index is 1100. The number of carboxylic acid groups (broad SMARTS) is 1. The second kappa shape index (κ2) is 8.77. The summed E-state index contributed by atoms with van der Waals surface area (Å²) in [6.45, 7) is 1.22. The number of carbonyl (C=O) groups excluding carboxylic acids is 2. The first-order chi connectivity index (χ1) is 16.1. The molecule has 8 nitrogen and oxygen atoms in total. The maximum Gasteiger partial charge on any atom is 0.342 e. The molecule has 6 atom stereocenters. The standard InChI is InChI=1S/C24H23F2NO7/c1-13(33-20(28)15-5-3-2-4-6-15)34-22(31)24(27)18(11-17-19(24)23(17,26)21(29)30)32-12-14-7-9-16(25)10-8-14/h2-10,13,17-19H,11-12,27H2,1H3,(H,29,30)/t13?,17-,18-,19+,23-,24+/m1/s1. The van der Waals surface area contributed by atoms with E-state index in [-0.39, 0.29) is 18.6 Å². The highest BCUT2D eigenvalue weighted by atomic mass is 19.1. The van der Waals surface area contributed by atoms with Crippen molar-refractivity contribution in [1.29, 1.82) is 0 Å². The van der Waals surface area contributed by atoms with Crippen LogP contribution in [0.25, 0.3) is 0 Å². The van der Waals surface area contributed by atoms with E-state index in [1.54, 1.807) is 18.2 Å². The quantitative estimate of drug-likeness (QED) is 0.441. The third-order valence-electron chi connectivity index (χ3n) is 6.40. The number of carbonyl (C=O) groups is 3. The van der Waals surface area contributed by atoms with Crippen molar-refractivity contribution < 1.29 is 42.5 Å². The SMILES string of the molecule is CC(OC(=O)c1ccccc1)OC(=O)[C@@]1(N)[C@H]2[C@@H](C[C@H]1OCc1ccc(F)cc1)[C@]2(F)C(=O)O. The molecule has 2 fully saturated rings. The van der Waals surface area contributed by atoms with E-state index in [0.29, 0.717) is 5.56 Å². The Labute approximate surface area is 193 Å². The van der Waals surface area contributed by atoms with E-state index in [1.807, 2.05) is 0 Å². The van der Waals surface area contributed by atoms with Crippen LogP contribution in [0.1, 0.15) is 29.3 Å². The van der Waals surface area contributed by atoms with E-state index in [9.17, 15) is 23.9 Å². The fraction of sp³-hybridized carbons (Fsp3) is 0.375. The number of benzene rings is 2. The highest BCUT2D eigenvalue weighted by Crippen LogP contribution is 2.67. The Morgan fingerprint density at radius 1 is 1.12 bits per heavy atom. The molecular formula is C24H23F2NO7. The minimum absolute atomic E-state index is 0.0679. The van der Waals surface area contributed by atoms with Gasteiger partial charge < -0.3 is 25.1 Å². The van der Waals surface area contributed by atoms with Crippen LogP contribution in [0, 0.1) is 17.7 Å². The molecule has 2 aliphatic carbocycles. The summed E-state index contributed by atoms with van der Waals surface area (Å²) in [5.41, 5.74) is 2.30. The second-order valence-corrected chi connectivity index (χ2v) is 8.50. The molecule has 3 N–H and O–H groups in total. The van der Waals surface area contributed by atoms with Crippen molar-refractivity contribution in [2.24, 2.45) is 17.6 Å². The number of ether oxygens (including phenoxy) is 3. The molecule has 0 heterocycles. The van der Waals surface area contributed by atoms with Crippen LogP contribution < -0.4 is 5.73 Å². The highest BCUT2D eigenvalue weighted by Gasteiger charge is 2.85. The van der Waals surface area contributed by atoms with Crippen molar-refractivity contribution in [1.82, 2.24) is 0 Å². The maximum absolute atomic E-state index is 15.1. The van der Waals surface area contributed by atoms with Gasteiger partial charge in [-0.05, 0) is 36.2 Å². The Balaban J connectivity index is 1.48. The number of alkyl halides is 1. The Hall–Kier alpha value is -3.37. The lowest BCUT2D eigenvalue weighted by Crippen LogP contribution is -2.61. The fourth-order valence-electron chi connectivity index (χ4n) is 4.64. The van der Waals surface area contributed by atoms with Crippen LogP contribution in [0.5, 0.6) is 0 Å². The van der Waals surface area contributed by atoms with Gasteiger partial charge in [-0.25, -0.2) is 23.2 Å². The molecule has 10 heteroatoms. The first-order valence-electron chi connectivity index (χ1n) is 10.6. The van der Waals surface area contributed by atoms with E-state index in [0.717, 1.165) is 0 Å². The largest absolute Gasteiger partial charge is 0.479 e. The molecule has 1 unspecified atom stereocenters. The molecule has 0 amide bonds. The molecular weight excluding hydrogens is 452 g/mol. The van der Waals surface area contributed by atoms with E-state index in [2.05, 4.69) is 0 Å². The molecule has 0 saturated heterocycles. The minimum Gasteiger partial charge on any atom is -0.479 e. The minimum atomic E-state index is -2.69. The molecule has 180 valence electrons. The Morgan fingerprint density at radius 2 is 1.76 bits per heavy atom. The normalized spacial score (nSPS) is 30.2. The van der Waals surface area contributed by atoms with Gasteiger partial charge in [0.25, 0.3) is 0 Å². The highest BCUT2D eigenvalue weighted by molar-refractivity contribution is 5.92. The average molecular weight is 475 g/mol. The van der Waals surface area contributed by atoms with E-state index in [1.165, 1.54) is 43.3 Å². The Kier molecular flexibility index (Phi) is 6.13. The monoisotopic (exact) mass is 475 g/mol. The number of carboxylic acids is 1. The summed E-state index contributed by atoms with van der Waals surface area (Å²) in [4.78, 5) is 36.8. The Morgan fingerprint density at radius 3 is 2.38 bits per heavy atom. The van der Waals surface area contributed by atoms with Crippen LogP contribution >= 0.6 is 0 Å². The molecule has 0 aliphatic heterocycles. The van der Waals surface area contributed by atoms with Crippen LogP contribution in [-0.2, 0) is 30.4 Å². The van der Waals surface area contributed by atoms with Crippen molar-refractivity contribution in [3.63, 3.8) is 0 Å². The zero-order chi connectivity index (χ0) is 24.7. The van der Waals surface area contributed by atoms with Gasteiger partial charge in [-0.3, -0.25) is 0 Å². The number of hydrogen-bond acceptors (Lipinski definition) is 7. The first kappa shape index (κ1) is 23.8. The third kappa shape index (κ3) is 4.03. The molecule has 34 heavy (non-hydrogen) atoms. The number of esters is 2. The van der Waals surface area contributed by atoms with Gasteiger partial charge in [0.05, 0.1) is 18.3 Å². The van der Waals surface area contributed by atoms with Crippen LogP contribution in [0.4, 0.5) is 8.78 Å². The maximum atomic E-state index is 15.1. The number of rotatable bonds is 8. The number of halogens is 2. The van der Waals surface area contributed by atoms with Gasteiger partial charge in [0.2, 0.25) is 12.0 Å². The molecule has 2 aromatic carbocycles. The summed E-state index contributed by atoms with van der Waals surface area (Å²) in [5, 5.41) is 9.35. The summed E-state index contributed by atoms with van der Waals surface area (Å²) in [5.74, 6) is -6.46. The average Bonchev–Trinajstić information content (AvgIpc) is 3.29. The molecule has 4 rings (SSSR count). The molecule has 2 aromatic rings. The molecule has 2 saturated carbocycles.